The quantitative estimate of drug-likeness (QED) is 0.651. The molecular weight excluding hydrogens is 276 g/mol. The molecule has 0 amide bonds. The molecule has 1 saturated carbocycles. The van der Waals surface area contributed by atoms with Gasteiger partial charge in [0.05, 0.1) is 17.6 Å². The Bertz CT molecular complexity index is 457. The zero-order valence-electron chi connectivity index (χ0n) is 11.4. The first kappa shape index (κ1) is 17.8. The largest absolute Gasteiger partial charge is 0.481 e. The lowest BCUT2D eigenvalue weighted by Gasteiger charge is -2.36. The maximum absolute atomic E-state index is 11.1. The number of carboxylic acids is 2. The van der Waals surface area contributed by atoms with Gasteiger partial charge in [-0.25, -0.2) is 0 Å². The number of rotatable bonds is 2. The molecule has 2 unspecified atom stereocenters. The van der Waals surface area contributed by atoms with Gasteiger partial charge >= 0.3 is 11.9 Å². The molecule has 1 rings (SSSR count). The first-order valence-corrected chi connectivity index (χ1v) is 7.47. The van der Waals surface area contributed by atoms with E-state index >= 15 is 0 Å². The average Bonchev–Trinajstić information content (AvgIpc) is 2.36. The summed E-state index contributed by atoms with van der Waals surface area (Å²) in [4.78, 5) is 22.0. The van der Waals surface area contributed by atoms with Crippen molar-refractivity contribution in [2.75, 3.05) is 6.26 Å². The Morgan fingerprint density at radius 1 is 1.16 bits per heavy atom. The van der Waals surface area contributed by atoms with E-state index in [0.29, 0.717) is 19.1 Å². The van der Waals surface area contributed by atoms with Crippen molar-refractivity contribution in [3.8, 4) is 0 Å². The predicted molar refractivity (Wildman–Crippen MR) is 67.4 cm³/mol. The van der Waals surface area contributed by atoms with Crippen LogP contribution in [0.5, 0.6) is 0 Å². The second-order valence-electron chi connectivity index (χ2n) is 5.52. The number of aliphatic carboxylic acids is 2. The van der Waals surface area contributed by atoms with Crippen LogP contribution >= 0.6 is 0 Å². The summed E-state index contributed by atoms with van der Waals surface area (Å²) in [6.07, 6.45) is 1.60. The Labute approximate surface area is 112 Å². The highest BCUT2D eigenvalue weighted by atomic mass is 32.2. The topological polar surface area (TPSA) is 129 Å². The summed E-state index contributed by atoms with van der Waals surface area (Å²) >= 11 is 0. The van der Waals surface area contributed by atoms with Crippen LogP contribution in [0.15, 0.2) is 0 Å². The van der Waals surface area contributed by atoms with Crippen molar-refractivity contribution >= 4 is 22.1 Å². The number of hydrogen-bond acceptors (Lipinski definition) is 4. The Hall–Kier alpha value is -1.15. The van der Waals surface area contributed by atoms with Crippen molar-refractivity contribution in [3.63, 3.8) is 0 Å². The summed E-state index contributed by atoms with van der Waals surface area (Å²) in [6.45, 7) is 5.10. The van der Waals surface area contributed by atoms with Crippen LogP contribution in [-0.2, 0) is 19.7 Å². The summed E-state index contributed by atoms with van der Waals surface area (Å²) in [5.74, 6) is -2.34. The molecule has 2 atom stereocenters. The summed E-state index contributed by atoms with van der Waals surface area (Å²) in [5.41, 5.74) is -1.61. The molecule has 0 aromatic rings. The van der Waals surface area contributed by atoms with Crippen LogP contribution < -0.4 is 0 Å². The average molecular weight is 296 g/mol. The molecular formula is C11H20O7S. The number of carbonyl (C=O) groups is 2. The smallest absolute Gasteiger partial charge is 0.309 e. The van der Waals surface area contributed by atoms with E-state index in [4.69, 9.17) is 14.8 Å². The molecule has 0 bridgehead atoms. The maximum atomic E-state index is 11.1. The van der Waals surface area contributed by atoms with Crippen molar-refractivity contribution in [3.05, 3.63) is 0 Å². The van der Waals surface area contributed by atoms with Crippen molar-refractivity contribution in [2.45, 2.75) is 33.6 Å². The second-order valence-corrected chi connectivity index (χ2v) is 6.99. The molecule has 0 spiro atoms. The highest BCUT2D eigenvalue weighted by Gasteiger charge is 2.58. The van der Waals surface area contributed by atoms with Crippen molar-refractivity contribution in [2.24, 2.45) is 16.7 Å². The maximum Gasteiger partial charge on any atom is 0.309 e. The van der Waals surface area contributed by atoms with Crippen LogP contribution in [0.4, 0.5) is 0 Å². The SMILES string of the molecule is CC1(C(=O)O)CCC(C(=O)O)C1(C)C.CS(=O)(=O)O. The van der Waals surface area contributed by atoms with E-state index in [9.17, 15) is 18.0 Å². The third kappa shape index (κ3) is 4.17. The van der Waals surface area contributed by atoms with Gasteiger partial charge in [0.15, 0.2) is 0 Å². The molecule has 0 radical (unpaired) electrons. The third-order valence-electron chi connectivity index (χ3n) is 4.00. The summed E-state index contributed by atoms with van der Waals surface area (Å²) in [7, 11) is -3.67. The van der Waals surface area contributed by atoms with Gasteiger partial charge in [0.25, 0.3) is 10.1 Å². The molecule has 0 aliphatic heterocycles. The molecule has 8 heteroatoms. The van der Waals surface area contributed by atoms with E-state index in [1.807, 2.05) is 0 Å². The van der Waals surface area contributed by atoms with Gasteiger partial charge in [0.2, 0.25) is 0 Å². The van der Waals surface area contributed by atoms with E-state index in [0.717, 1.165) is 0 Å². The van der Waals surface area contributed by atoms with Gasteiger partial charge in [-0.15, -0.1) is 0 Å². The molecule has 0 saturated heterocycles. The molecule has 3 N–H and O–H groups in total. The first-order chi connectivity index (χ1) is 8.23. The highest BCUT2D eigenvalue weighted by molar-refractivity contribution is 7.85. The minimum atomic E-state index is -3.67. The van der Waals surface area contributed by atoms with Crippen LogP contribution in [0.25, 0.3) is 0 Å². The minimum Gasteiger partial charge on any atom is -0.481 e. The van der Waals surface area contributed by atoms with E-state index in [2.05, 4.69) is 0 Å². The zero-order chi connectivity index (χ0) is 15.6. The van der Waals surface area contributed by atoms with Crippen LogP contribution in [0.3, 0.4) is 0 Å². The fraction of sp³-hybridized carbons (Fsp3) is 0.818. The zero-order valence-corrected chi connectivity index (χ0v) is 12.2. The molecule has 7 nitrogen and oxygen atoms in total. The minimum absolute atomic E-state index is 0.437. The normalized spacial score (nSPS) is 29.2. The van der Waals surface area contributed by atoms with E-state index in [1.54, 1.807) is 20.8 Å². The van der Waals surface area contributed by atoms with Gasteiger partial charge in [-0.3, -0.25) is 14.1 Å². The number of carboxylic acid groups (broad SMARTS) is 2. The lowest BCUT2D eigenvalue weighted by molar-refractivity contribution is -0.157. The monoisotopic (exact) mass is 296 g/mol. The molecule has 0 aromatic heterocycles. The van der Waals surface area contributed by atoms with Crippen LogP contribution in [0.1, 0.15) is 33.6 Å². The van der Waals surface area contributed by atoms with E-state index in [1.165, 1.54) is 0 Å². The Morgan fingerprint density at radius 3 is 1.68 bits per heavy atom. The number of hydrogen-bond donors (Lipinski definition) is 3. The highest BCUT2D eigenvalue weighted by Crippen LogP contribution is 2.56. The van der Waals surface area contributed by atoms with E-state index in [-0.39, 0.29) is 0 Å². The third-order valence-corrected chi connectivity index (χ3v) is 4.00. The molecule has 19 heavy (non-hydrogen) atoms. The fourth-order valence-corrected chi connectivity index (χ4v) is 2.32. The summed E-state index contributed by atoms with van der Waals surface area (Å²) in [6, 6.07) is 0. The summed E-state index contributed by atoms with van der Waals surface area (Å²) in [5, 5.41) is 18.1. The van der Waals surface area contributed by atoms with Gasteiger partial charge in [0.1, 0.15) is 0 Å². The lowest BCUT2D eigenvalue weighted by Crippen LogP contribution is -2.42. The Kier molecular flexibility index (Phi) is 5.13. The van der Waals surface area contributed by atoms with Crippen LogP contribution in [0.2, 0.25) is 0 Å². The molecule has 0 aromatic carbocycles. The van der Waals surface area contributed by atoms with Crippen molar-refractivity contribution < 1.29 is 32.8 Å². The predicted octanol–water partition coefficient (Wildman–Crippen LogP) is 1.10. The van der Waals surface area contributed by atoms with Gasteiger partial charge in [-0.1, -0.05) is 13.8 Å². The lowest BCUT2D eigenvalue weighted by atomic mass is 9.66. The van der Waals surface area contributed by atoms with Gasteiger partial charge < -0.3 is 10.2 Å². The second kappa shape index (κ2) is 5.46. The Morgan fingerprint density at radius 2 is 1.53 bits per heavy atom. The van der Waals surface area contributed by atoms with E-state index < -0.39 is 38.8 Å². The fourth-order valence-electron chi connectivity index (χ4n) is 2.32. The molecule has 0 heterocycles. The molecule has 1 aliphatic carbocycles. The standard InChI is InChI=1S/C10H16O4.CH4O3S/c1-9(2)6(7(11)12)4-5-10(9,3)8(13)14;1-5(2,3)4/h6H,4-5H2,1-3H3,(H,11,12)(H,13,14);1H3,(H,2,3,4). The molecule has 112 valence electrons. The van der Waals surface area contributed by atoms with Gasteiger partial charge in [0, 0.05) is 0 Å². The summed E-state index contributed by atoms with van der Waals surface area (Å²) < 4.78 is 25.9. The van der Waals surface area contributed by atoms with Gasteiger partial charge in [-0.2, -0.15) is 8.42 Å². The van der Waals surface area contributed by atoms with Crippen molar-refractivity contribution in [1.82, 2.24) is 0 Å². The molecule has 1 aliphatic rings. The van der Waals surface area contributed by atoms with Crippen LogP contribution in [0, 0.1) is 16.7 Å². The first-order valence-electron chi connectivity index (χ1n) is 5.62. The molecule has 1 fully saturated rings. The Balaban J connectivity index is 0.000000555. The van der Waals surface area contributed by atoms with Crippen molar-refractivity contribution in [1.29, 1.82) is 0 Å². The van der Waals surface area contributed by atoms with Crippen LogP contribution in [-0.4, -0.2) is 41.4 Å². The van der Waals surface area contributed by atoms with Gasteiger partial charge in [-0.05, 0) is 25.2 Å².